The summed E-state index contributed by atoms with van der Waals surface area (Å²) in [7, 11) is 1.58. The van der Waals surface area contributed by atoms with E-state index >= 15 is 0 Å². The molecule has 1 N–H and O–H groups in total. The van der Waals surface area contributed by atoms with Crippen LogP contribution in [0.3, 0.4) is 0 Å². The van der Waals surface area contributed by atoms with Gasteiger partial charge in [-0.15, -0.1) is 0 Å². The lowest BCUT2D eigenvalue weighted by Gasteiger charge is -2.18. The highest BCUT2D eigenvalue weighted by atomic mass is 16.2. The fraction of sp³-hybridized carbons (Fsp3) is 0.269. The number of carbonyl (C=O) groups is 3. The van der Waals surface area contributed by atoms with Gasteiger partial charge in [0, 0.05) is 31.1 Å². The maximum absolute atomic E-state index is 12.5. The SMILES string of the molecule is Cc1cc(C)c(NC(=O)CN(C)C(=O)CCC(=O)c2ccc3ccccc3c2)c(C)c1. The summed E-state index contributed by atoms with van der Waals surface area (Å²) in [5, 5.41) is 4.96. The molecule has 0 aliphatic carbocycles. The van der Waals surface area contributed by atoms with E-state index < -0.39 is 0 Å². The number of ketones is 1. The number of rotatable bonds is 7. The number of amides is 2. The molecule has 3 aromatic carbocycles. The van der Waals surface area contributed by atoms with Crippen LogP contribution in [0.25, 0.3) is 10.8 Å². The number of likely N-dealkylation sites (N-methyl/N-ethyl adjacent to an activating group) is 1. The largest absolute Gasteiger partial charge is 0.336 e. The first-order chi connectivity index (χ1) is 14.7. The van der Waals surface area contributed by atoms with Gasteiger partial charge < -0.3 is 10.2 Å². The molecule has 0 aliphatic rings. The number of hydrogen-bond donors (Lipinski definition) is 1. The molecule has 0 spiro atoms. The van der Waals surface area contributed by atoms with Crippen molar-refractivity contribution < 1.29 is 14.4 Å². The van der Waals surface area contributed by atoms with Crippen molar-refractivity contribution in [2.45, 2.75) is 33.6 Å². The number of fused-ring (bicyclic) bond motifs is 1. The molecule has 0 atom stereocenters. The van der Waals surface area contributed by atoms with Crippen LogP contribution in [-0.4, -0.2) is 36.1 Å². The van der Waals surface area contributed by atoms with Gasteiger partial charge >= 0.3 is 0 Å². The Morgan fingerprint density at radius 3 is 2.16 bits per heavy atom. The first-order valence-corrected chi connectivity index (χ1v) is 10.4. The molecule has 2 amide bonds. The lowest BCUT2D eigenvalue weighted by atomic mass is 10.0. The van der Waals surface area contributed by atoms with Crippen molar-refractivity contribution in [3.8, 4) is 0 Å². The van der Waals surface area contributed by atoms with Crippen molar-refractivity contribution in [2.75, 3.05) is 18.9 Å². The van der Waals surface area contributed by atoms with Crippen LogP contribution >= 0.6 is 0 Å². The highest BCUT2D eigenvalue weighted by molar-refractivity contribution is 6.01. The van der Waals surface area contributed by atoms with Gasteiger partial charge in [-0.25, -0.2) is 0 Å². The minimum absolute atomic E-state index is 0.0598. The van der Waals surface area contributed by atoms with Crippen molar-refractivity contribution in [3.63, 3.8) is 0 Å². The Morgan fingerprint density at radius 2 is 1.48 bits per heavy atom. The van der Waals surface area contributed by atoms with Gasteiger partial charge in [-0.05, 0) is 48.7 Å². The average Bonchev–Trinajstić information content (AvgIpc) is 2.73. The van der Waals surface area contributed by atoms with Gasteiger partial charge in [0.05, 0.1) is 6.54 Å². The van der Waals surface area contributed by atoms with E-state index in [1.54, 1.807) is 13.1 Å². The summed E-state index contributed by atoms with van der Waals surface area (Å²) in [6.07, 6.45) is 0.178. The van der Waals surface area contributed by atoms with Crippen LogP contribution in [0.15, 0.2) is 54.6 Å². The number of anilines is 1. The fourth-order valence-corrected chi connectivity index (χ4v) is 3.78. The molecule has 0 radical (unpaired) electrons. The van der Waals surface area contributed by atoms with E-state index in [1.807, 2.05) is 69.3 Å². The van der Waals surface area contributed by atoms with E-state index in [-0.39, 0.29) is 37.0 Å². The zero-order chi connectivity index (χ0) is 22.5. The molecule has 0 aromatic heterocycles. The zero-order valence-electron chi connectivity index (χ0n) is 18.5. The van der Waals surface area contributed by atoms with Crippen LogP contribution in [0, 0.1) is 20.8 Å². The van der Waals surface area contributed by atoms with Gasteiger partial charge in [-0.2, -0.15) is 0 Å². The molecule has 0 unspecified atom stereocenters. The van der Waals surface area contributed by atoms with Crippen molar-refractivity contribution in [2.24, 2.45) is 0 Å². The minimum atomic E-state index is -0.258. The number of Topliss-reactive ketones (excluding diaryl/α,β-unsaturated/α-hetero) is 1. The lowest BCUT2D eigenvalue weighted by molar-refractivity contribution is -0.133. The summed E-state index contributed by atoms with van der Waals surface area (Å²) >= 11 is 0. The van der Waals surface area contributed by atoms with Gasteiger partial charge in [0.25, 0.3) is 0 Å². The Bertz CT molecular complexity index is 1130. The predicted molar refractivity (Wildman–Crippen MR) is 124 cm³/mol. The Kier molecular flexibility index (Phi) is 6.85. The molecule has 31 heavy (non-hydrogen) atoms. The molecule has 5 nitrogen and oxygen atoms in total. The van der Waals surface area contributed by atoms with Crippen LogP contribution in [0.4, 0.5) is 5.69 Å². The first-order valence-electron chi connectivity index (χ1n) is 10.4. The van der Waals surface area contributed by atoms with Crippen LogP contribution in [-0.2, 0) is 9.59 Å². The van der Waals surface area contributed by atoms with Gasteiger partial charge in [0.15, 0.2) is 5.78 Å². The third-order valence-electron chi connectivity index (χ3n) is 5.39. The Balaban J connectivity index is 1.54. The number of nitrogens with zero attached hydrogens (tertiary/aromatic N) is 1. The van der Waals surface area contributed by atoms with Gasteiger partial charge in [-0.3, -0.25) is 14.4 Å². The van der Waals surface area contributed by atoms with Gasteiger partial charge in [0.1, 0.15) is 0 Å². The van der Waals surface area contributed by atoms with E-state index in [2.05, 4.69) is 5.32 Å². The molecule has 5 heteroatoms. The third-order valence-corrected chi connectivity index (χ3v) is 5.39. The second-order valence-electron chi connectivity index (χ2n) is 8.06. The highest BCUT2D eigenvalue weighted by Gasteiger charge is 2.16. The molecular weight excluding hydrogens is 388 g/mol. The number of benzene rings is 3. The standard InChI is InChI=1S/C26H28N2O3/c1-17-13-18(2)26(19(3)14-17)27-24(30)16-28(4)25(31)12-11-23(29)22-10-9-20-7-5-6-8-21(20)15-22/h5-10,13-15H,11-12,16H2,1-4H3,(H,27,30). The normalized spacial score (nSPS) is 10.7. The Hall–Kier alpha value is -3.47. The Morgan fingerprint density at radius 1 is 0.839 bits per heavy atom. The summed E-state index contributed by atoms with van der Waals surface area (Å²) in [6.45, 7) is 5.85. The highest BCUT2D eigenvalue weighted by Crippen LogP contribution is 2.22. The number of aryl methyl sites for hydroxylation is 3. The molecule has 3 rings (SSSR count). The van der Waals surface area contributed by atoms with Crippen molar-refractivity contribution in [1.29, 1.82) is 0 Å². The maximum Gasteiger partial charge on any atom is 0.243 e. The van der Waals surface area contributed by atoms with Crippen molar-refractivity contribution >= 4 is 34.1 Å². The molecule has 0 saturated heterocycles. The first kappa shape index (κ1) is 22.2. The molecule has 0 aliphatic heterocycles. The molecule has 0 fully saturated rings. The zero-order valence-corrected chi connectivity index (χ0v) is 18.5. The summed E-state index contributed by atoms with van der Waals surface area (Å²) < 4.78 is 0. The number of carbonyl (C=O) groups excluding carboxylic acids is 3. The van der Waals surface area contributed by atoms with Gasteiger partial charge in [-0.1, -0.05) is 54.1 Å². The molecule has 3 aromatic rings. The molecular formula is C26H28N2O3. The molecule has 0 saturated carbocycles. The van der Waals surface area contributed by atoms with Crippen molar-refractivity contribution in [1.82, 2.24) is 4.90 Å². The monoisotopic (exact) mass is 416 g/mol. The van der Waals surface area contributed by atoms with E-state index in [4.69, 9.17) is 0 Å². The third kappa shape index (κ3) is 5.57. The van der Waals surface area contributed by atoms with Crippen LogP contribution < -0.4 is 5.32 Å². The van der Waals surface area contributed by atoms with E-state index in [0.29, 0.717) is 5.56 Å². The predicted octanol–water partition coefficient (Wildman–Crippen LogP) is 4.83. The summed E-state index contributed by atoms with van der Waals surface area (Å²) in [6, 6.07) is 17.4. The van der Waals surface area contributed by atoms with Crippen LogP contribution in [0.2, 0.25) is 0 Å². The maximum atomic E-state index is 12.5. The number of hydrogen-bond acceptors (Lipinski definition) is 3. The average molecular weight is 417 g/mol. The quantitative estimate of drug-likeness (QED) is 0.561. The molecule has 0 heterocycles. The van der Waals surface area contributed by atoms with E-state index in [1.165, 1.54) is 4.90 Å². The second kappa shape index (κ2) is 9.56. The topological polar surface area (TPSA) is 66.5 Å². The fourth-order valence-electron chi connectivity index (χ4n) is 3.78. The molecule has 160 valence electrons. The lowest BCUT2D eigenvalue weighted by Crippen LogP contribution is -2.35. The summed E-state index contributed by atoms with van der Waals surface area (Å²) in [4.78, 5) is 38.8. The summed E-state index contributed by atoms with van der Waals surface area (Å²) in [5.74, 6) is -0.573. The van der Waals surface area contributed by atoms with E-state index in [9.17, 15) is 14.4 Å². The smallest absolute Gasteiger partial charge is 0.243 e. The second-order valence-corrected chi connectivity index (χ2v) is 8.06. The molecule has 0 bridgehead atoms. The number of nitrogens with one attached hydrogen (secondary N) is 1. The van der Waals surface area contributed by atoms with Crippen molar-refractivity contribution in [3.05, 3.63) is 76.9 Å². The minimum Gasteiger partial charge on any atom is -0.336 e. The van der Waals surface area contributed by atoms with Crippen LogP contribution in [0.5, 0.6) is 0 Å². The summed E-state index contributed by atoms with van der Waals surface area (Å²) in [5.41, 5.74) is 4.48. The Labute approximate surface area is 183 Å². The van der Waals surface area contributed by atoms with Gasteiger partial charge in [0.2, 0.25) is 11.8 Å². The van der Waals surface area contributed by atoms with Crippen LogP contribution in [0.1, 0.15) is 39.9 Å². The van der Waals surface area contributed by atoms with E-state index in [0.717, 1.165) is 33.2 Å².